The van der Waals surface area contributed by atoms with E-state index < -0.39 is 0 Å². The summed E-state index contributed by atoms with van der Waals surface area (Å²) < 4.78 is 6.94. The summed E-state index contributed by atoms with van der Waals surface area (Å²) in [5.74, 6) is 1.03. The maximum absolute atomic E-state index is 11.8. The van der Waals surface area contributed by atoms with E-state index in [0.717, 1.165) is 11.8 Å². The molecule has 2 aromatic rings. The van der Waals surface area contributed by atoms with Crippen molar-refractivity contribution in [1.29, 1.82) is 0 Å². The number of carbonyl (C=O) groups is 1. The van der Waals surface area contributed by atoms with Gasteiger partial charge in [-0.3, -0.25) is 4.79 Å². The lowest BCUT2D eigenvalue weighted by Crippen LogP contribution is -2.18. The van der Waals surface area contributed by atoms with Crippen LogP contribution in [0.15, 0.2) is 21.9 Å². The zero-order valence-corrected chi connectivity index (χ0v) is 12.1. The molecule has 0 spiro atoms. The predicted octanol–water partition coefficient (Wildman–Crippen LogP) is 1.04. The molecule has 9 heteroatoms. The van der Waals surface area contributed by atoms with Gasteiger partial charge in [0, 0.05) is 12.1 Å². The van der Waals surface area contributed by atoms with E-state index in [9.17, 15) is 4.79 Å². The van der Waals surface area contributed by atoms with Gasteiger partial charge in [0.15, 0.2) is 0 Å². The third-order valence-electron chi connectivity index (χ3n) is 2.38. The number of nitrogens with two attached hydrogens (primary N) is 1. The minimum atomic E-state index is -0.162. The quantitative estimate of drug-likeness (QED) is 0.766. The molecule has 0 atom stereocenters. The summed E-state index contributed by atoms with van der Waals surface area (Å²) in [7, 11) is 0. The van der Waals surface area contributed by atoms with Gasteiger partial charge < -0.3 is 15.5 Å². The van der Waals surface area contributed by atoms with E-state index in [1.54, 1.807) is 16.9 Å². The van der Waals surface area contributed by atoms with Crippen LogP contribution < -0.4 is 11.1 Å². The summed E-state index contributed by atoms with van der Waals surface area (Å²) in [6.07, 6.45) is 1.65. The van der Waals surface area contributed by atoms with Gasteiger partial charge >= 0.3 is 0 Å². The zero-order chi connectivity index (χ0) is 14.5. The summed E-state index contributed by atoms with van der Waals surface area (Å²) in [4.78, 5) is 11.8. The summed E-state index contributed by atoms with van der Waals surface area (Å²) in [5.41, 5.74) is 5.36. The second-order valence-electron chi connectivity index (χ2n) is 4.26. The highest BCUT2D eigenvalue weighted by atomic mass is 32.2. The Morgan fingerprint density at radius 1 is 1.55 bits per heavy atom. The van der Waals surface area contributed by atoms with Crippen LogP contribution >= 0.6 is 11.8 Å². The molecule has 0 aliphatic carbocycles. The molecule has 0 unspecified atom stereocenters. The van der Waals surface area contributed by atoms with Crippen molar-refractivity contribution in [3.05, 3.63) is 18.2 Å². The van der Waals surface area contributed by atoms with Crippen LogP contribution in [0.4, 0.5) is 5.82 Å². The van der Waals surface area contributed by atoms with Crippen molar-refractivity contribution >= 4 is 23.5 Å². The van der Waals surface area contributed by atoms with Crippen LogP contribution in [-0.4, -0.2) is 31.6 Å². The number of thioether (sulfide) groups is 1. The van der Waals surface area contributed by atoms with E-state index in [-0.39, 0.29) is 24.2 Å². The van der Waals surface area contributed by atoms with E-state index in [1.165, 1.54) is 0 Å². The fourth-order valence-corrected chi connectivity index (χ4v) is 2.09. The van der Waals surface area contributed by atoms with E-state index in [2.05, 4.69) is 20.6 Å². The van der Waals surface area contributed by atoms with Crippen LogP contribution in [0.2, 0.25) is 0 Å². The number of nitrogens with one attached hydrogen (secondary N) is 1. The molecule has 1 amide bonds. The molecule has 0 saturated carbocycles. The number of nitrogens with zero attached hydrogens (tertiary/aromatic N) is 4. The van der Waals surface area contributed by atoms with E-state index in [4.69, 9.17) is 10.2 Å². The Labute approximate surface area is 120 Å². The van der Waals surface area contributed by atoms with Crippen LogP contribution in [0.5, 0.6) is 0 Å². The Morgan fingerprint density at radius 3 is 3.00 bits per heavy atom. The van der Waals surface area contributed by atoms with Crippen molar-refractivity contribution < 1.29 is 9.21 Å². The Bertz CT molecular complexity index is 579. The molecule has 0 aliphatic rings. The third kappa shape index (κ3) is 3.58. The summed E-state index contributed by atoms with van der Waals surface area (Å²) in [5, 5.41) is 14.8. The highest BCUT2D eigenvalue weighted by Gasteiger charge is 2.12. The highest BCUT2D eigenvalue weighted by Crippen LogP contribution is 2.17. The van der Waals surface area contributed by atoms with Gasteiger partial charge in [0.05, 0.1) is 18.5 Å². The Kier molecular flexibility index (Phi) is 4.74. The SMILES string of the molecule is CC(C)n1nccc1NC(=O)CSc1nnc(CN)o1. The van der Waals surface area contributed by atoms with Crippen LogP contribution in [-0.2, 0) is 11.3 Å². The third-order valence-corrected chi connectivity index (χ3v) is 3.20. The number of aromatic nitrogens is 4. The molecule has 0 bridgehead atoms. The number of amides is 1. The molecule has 20 heavy (non-hydrogen) atoms. The summed E-state index contributed by atoms with van der Waals surface area (Å²) >= 11 is 1.16. The first-order valence-electron chi connectivity index (χ1n) is 6.08. The van der Waals surface area contributed by atoms with Crippen molar-refractivity contribution in [2.75, 3.05) is 11.1 Å². The van der Waals surface area contributed by atoms with Gasteiger partial charge in [-0.05, 0) is 13.8 Å². The molecule has 0 radical (unpaired) electrons. The molecule has 108 valence electrons. The Balaban J connectivity index is 1.87. The number of hydrogen-bond acceptors (Lipinski definition) is 7. The second kappa shape index (κ2) is 6.53. The standard InChI is InChI=1S/C11H16N6O2S/c1-7(2)17-8(3-4-13-17)14-9(18)6-20-11-16-15-10(5-12)19-11/h3-4,7H,5-6,12H2,1-2H3,(H,14,18). The molecule has 8 nitrogen and oxygen atoms in total. The van der Waals surface area contributed by atoms with Crippen molar-refractivity contribution in [1.82, 2.24) is 20.0 Å². The molecular weight excluding hydrogens is 280 g/mol. The highest BCUT2D eigenvalue weighted by molar-refractivity contribution is 7.99. The molecule has 2 rings (SSSR count). The van der Waals surface area contributed by atoms with Crippen LogP contribution in [0, 0.1) is 0 Å². The summed E-state index contributed by atoms with van der Waals surface area (Å²) in [6, 6.07) is 1.93. The minimum Gasteiger partial charge on any atom is -0.415 e. The van der Waals surface area contributed by atoms with E-state index >= 15 is 0 Å². The maximum atomic E-state index is 11.8. The van der Waals surface area contributed by atoms with E-state index in [1.807, 2.05) is 13.8 Å². The monoisotopic (exact) mass is 296 g/mol. The number of anilines is 1. The lowest BCUT2D eigenvalue weighted by Gasteiger charge is -2.11. The average Bonchev–Trinajstić information content (AvgIpc) is 3.04. The molecule has 2 heterocycles. The average molecular weight is 296 g/mol. The first-order chi connectivity index (χ1) is 9.60. The van der Waals surface area contributed by atoms with Crippen molar-refractivity contribution in [2.45, 2.75) is 31.7 Å². The van der Waals surface area contributed by atoms with Crippen molar-refractivity contribution in [3.8, 4) is 0 Å². The number of hydrogen-bond donors (Lipinski definition) is 2. The topological polar surface area (TPSA) is 112 Å². The Hall–Kier alpha value is -1.87. The van der Waals surface area contributed by atoms with E-state index in [0.29, 0.717) is 16.9 Å². The first-order valence-corrected chi connectivity index (χ1v) is 7.07. The first kappa shape index (κ1) is 14.5. The molecule has 0 aliphatic heterocycles. The van der Waals surface area contributed by atoms with Gasteiger partial charge in [-0.25, -0.2) is 4.68 Å². The molecule has 0 aromatic carbocycles. The van der Waals surface area contributed by atoms with Gasteiger partial charge in [0.25, 0.3) is 5.22 Å². The lowest BCUT2D eigenvalue weighted by atomic mass is 10.4. The number of rotatable bonds is 6. The maximum Gasteiger partial charge on any atom is 0.277 e. The van der Waals surface area contributed by atoms with Gasteiger partial charge in [-0.15, -0.1) is 10.2 Å². The largest absolute Gasteiger partial charge is 0.415 e. The lowest BCUT2D eigenvalue weighted by molar-refractivity contribution is -0.113. The molecule has 2 aromatic heterocycles. The predicted molar refractivity (Wildman–Crippen MR) is 74.2 cm³/mol. The second-order valence-corrected chi connectivity index (χ2v) is 5.18. The fourth-order valence-electron chi connectivity index (χ4n) is 1.51. The van der Waals surface area contributed by atoms with Gasteiger partial charge in [-0.2, -0.15) is 5.10 Å². The van der Waals surface area contributed by atoms with Gasteiger partial charge in [0.1, 0.15) is 5.82 Å². The van der Waals surface area contributed by atoms with Crippen LogP contribution in [0.25, 0.3) is 0 Å². The van der Waals surface area contributed by atoms with Gasteiger partial charge in [-0.1, -0.05) is 11.8 Å². The van der Waals surface area contributed by atoms with Crippen LogP contribution in [0.1, 0.15) is 25.8 Å². The number of carbonyl (C=O) groups excluding carboxylic acids is 1. The molecular formula is C11H16N6O2S. The molecule has 3 N–H and O–H groups in total. The summed E-state index contributed by atoms with van der Waals surface area (Å²) in [6.45, 7) is 4.17. The zero-order valence-electron chi connectivity index (χ0n) is 11.2. The van der Waals surface area contributed by atoms with Crippen molar-refractivity contribution in [3.63, 3.8) is 0 Å². The molecule has 0 fully saturated rings. The normalized spacial score (nSPS) is 11.0. The molecule has 0 saturated heterocycles. The minimum absolute atomic E-state index is 0.162. The smallest absolute Gasteiger partial charge is 0.277 e. The van der Waals surface area contributed by atoms with Crippen molar-refractivity contribution in [2.24, 2.45) is 5.73 Å². The Morgan fingerprint density at radius 2 is 2.35 bits per heavy atom. The van der Waals surface area contributed by atoms with Gasteiger partial charge in [0.2, 0.25) is 11.8 Å². The van der Waals surface area contributed by atoms with Crippen LogP contribution in [0.3, 0.4) is 0 Å². The fraction of sp³-hybridized carbons (Fsp3) is 0.455.